The van der Waals surface area contributed by atoms with E-state index in [9.17, 15) is 0 Å². The number of aryl methyl sites for hydroxylation is 1. The van der Waals surface area contributed by atoms with Crippen LogP contribution in [0.15, 0.2) is 6.20 Å². The number of nitrogens with zero attached hydrogens (tertiary/aromatic N) is 2. The molecule has 1 heterocycles. The summed E-state index contributed by atoms with van der Waals surface area (Å²) in [5.41, 5.74) is 6.36. The second-order valence-electron chi connectivity index (χ2n) is 1.72. The Hall–Kier alpha value is -0.601. The van der Waals surface area contributed by atoms with Gasteiger partial charge in [0.15, 0.2) is 0 Å². The summed E-state index contributed by atoms with van der Waals surface area (Å²) in [6.45, 7) is 1.87. The van der Waals surface area contributed by atoms with Gasteiger partial charge >= 0.3 is 60.9 Å². The number of nitrogen functional groups attached to an aromatic ring is 1. The molecule has 1 rings (SSSR count). The van der Waals surface area contributed by atoms with Crippen molar-refractivity contribution >= 4 is 26.6 Å². The molecular weight excluding hydrogens is 181 g/mol. The van der Waals surface area contributed by atoms with Crippen LogP contribution in [0.2, 0.25) is 0 Å². The van der Waals surface area contributed by atoms with Crippen molar-refractivity contribution in [2.75, 3.05) is 5.73 Å². The molecule has 0 aromatic carbocycles. The molecule has 0 bridgehead atoms. The van der Waals surface area contributed by atoms with Crippen molar-refractivity contribution in [3.8, 4) is 0 Å². The SMILES string of the molecule is Cc1cnc([Se])nc1N. The molecule has 0 saturated carbocycles. The van der Waals surface area contributed by atoms with E-state index in [4.69, 9.17) is 5.73 Å². The van der Waals surface area contributed by atoms with Gasteiger partial charge in [-0.2, -0.15) is 0 Å². The summed E-state index contributed by atoms with van der Waals surface area (Å²) in [6, 6.07) is 0. The van der Waals surface area contributed by atoms with E-state index in [2.05, 4.69) is 26.0 Å². The summed E-state index contributed by atoms with van der Waals surface area (Å²) >= 11 is 2.67. The van der Waals surface area contributed by atoms with E-state index >= 15 is 0 Å². The third-order valence-electron chi connectivity index (χ3n) is 0.989. The van der Waals surface area contributed by atoms with Gasteiger partial charge < -0.3 is 0 Å². The Morgan fingerprint density at radius 3 is 2.78 bits per heavy atom. The van der Waals surface area contributed by atoms with E-state index in [0.29, 0.717) is 10.5 Å². The van der Waals surface area contributed by atoms with Gasteiger partial charge in [0.1, 0.15) is 0 Å². The van der Waals surface area contributed by atoms with Crippen molar-refractivity contribution in [3.05, 3.63) is 11.8 Å². The molecule has 0 spiro atoms. The predicted molar refractivity (Wildman–Crippen MR) is 36.6 cm³/mol. The number of anilines is 1. The molecule has 2 N–H and O–H groups in total. The molecule has 4 heteroatoms. The number of hydrogen-bond acceptors (Lipinski definition) is 3. The Morgan fingerprint density at radius 1 is 1.67 bits per heavy atom. The van der Waals surface area contributed by atoms with Gasteiger partial charge in [-0.25, -0.2) is 0 Å². The van der Waals surface area contributed by atoms with Crippen LogP contribution < -0.4 is 10.5 Å². The molecule has 1 aromatic heterocycles. The Balaban J connectivity index is 3.17. The van der Waals surface area contributed by atoms with Crippen molar-refractivity contribution in [2.24, 2.45) is 0 Å². The quantitative estimate of drug-likeness (QED) is 0.539. The maximum absolute atomic E-state index is 5.45. The number of hydrogen-bond donors (Lipinski definition) is 1. The Morgan fingerprint density at radius 2 is 2.33 bits per heavy atom. The molecule has 0 atom stereocenters. The Kier molecular flexibility index (Phi) is 1.69. The summed E-state index contributed by atoms with van der Waals surface area (Å²) in [5.74, 6) is 0.541. The fourth-order valence-electron chi connectivity index (χ4n) is 0.438. The van der Waals surface area contributed by atoms with Crippen LogP contribution in [0.1, 0.15) is 5.56 Å². The molecule has 0 saturated heterocycles. The Labute approximate surface area is 61.5 Å². The van der Waals surface area contributed by atoms with E-state index in [1.165, 1.54) is 0 Å². The van der Waals surface area contributed by atoms with E-state index in [-0.39, 0.29) is 0 Å². The molecule has 9 heavy (non-hydrogen) atoms. The van der Waals surface area contributed by atoms with Gasteiger partial charge in [-0.15, -0.1) is 0 Å². The normalized spacial score (nSPS) is 9.44. The zero-order chi connectivity index (χ0) is 6.85. The van der Waals surface area contributed by atoms with Crippen LogP contribution in [-0.4, -0.2) is 26.0 Å². The zero-order valence-corrected chi connectivity index (χ0v) is 6.67. The van der Waals surface area contributed by atoms with Crippen LogP contribution >= 0.6 is 0 Å². The van der Waals surface area contributed by atoms with Gasteiger partial charge in [-0.05, 0) is 0 Å². The molecule has 1 radical (unpaired) electrons. The maximum atomic E-state index is 5.45. The van der Waals surface area contributed by atoms with Gasteiger partial charge in [0.25, 0.3) is 0 Å². The average Bonchev–Trinajstić information content (AvgIpc) is 1.80. The molecule has 0 fully saturated rings. The summed E-state index contributed by atoms with van der Waals surface area (Å²) in [5, 5.41) is 0. The van der Waals surface area contributed by atoms with E-state index in [0.717, 1.165) is 5.56 Å². The molecule has 0 aliphatic carbocycles. The monoisotopic (exact) mass is 188 g/mol. The van der Waals surface area contributed by atoms with Crippen LogP contribution in [0.4, 0.5) is 5.82 Å². The van der Waals surface area contributed by atoms with E-state index in [1.54, 1.807) is 6.20 Å². The number of rotatable bonds is 0. The topological polar surface area (TPSA) is 51.8 Å². The van der Waals surface area contributed by atoms with Gasteiger partial charge in [0.2, 0.25) is 0 Å². The summed E-state index contributed by atoms with van der Waals surface area (Å²) in [6.07, 6.45) is 1.69. The van der Waals surface area contributed by atoms with Gasteiger partial charge in [0.05, 0.1) is 0 Å². The molecule has 1 aromatic rings. The first-order valence-corrected chi connectivity index (χ1v) is 3.32. The van der Waals surface area contributed by atoms with Crippen molar-refractivity contribution in [1.82, 2.24) is 9.97 Å². The standard InChI is InChI=1S/C5H6N3Se/c1-3-2-7-5(9)8-4(3)6/h2H,1H3,(H2,6,7,8). The first kappa shape index (κ1) is 6.52. The van der Waals surface area contributed by atoms with Gasteiger partial charge in [-0.1, -0.05) is 0 Å². The zero-order valence-electron chi connectivity index (χ0n) is 4.96. The third-order valence-corrected chi connectivity index (χ3v) is 1.40. The number of nitrogens with two attached hydrogens (primary N) is 1. The molecule has 47 valence electrons. The third kappa shape index (κ3) is 1.40. The molecule has 0 amide bonds. The van der Waals surface area contributed by atoms with E-state index < -0.39 is 0 Å². The molecule has 0 unspecified atom stereocenters. The summed E-state index contributed by atoms with van der Waals surface area (Å²) in [7, 11) is 0. The van der Waals surface area contributed by atoms with Gasteiger partial charge in [0, 0.05) is 0 Å². The van der Waals surface area contributed by atoms with Crippen LogP contribution in [0.25, 0.3) is 0 Å². The van der Waals surface area contributed by atoms with Gasteiger partial charge in [-0.3, -0.25) is 0 Å². The first-order valence-electron chi connectivity index (χ1n) is 2.46. The summed E-state index contributed by atoms with van der Waals surface area (Å²) < 4.78 is 0.595. The minimum atomic E-state index is 0.541. The van der Waals surface area contributed by atoms with Crippen LogP contribution in [0.3, 0.4) is 0 Å². The van der Waals surface area contributed by atoms with E-state index in [1.807, 2.05) is 6.92 Å². The first-order chi connectivity index (χ1) is 4.20. The van der Waals surface area contributed by atoms with Crippen molar-refractivity contribution in [1.29, 1.82) is 0 Å². The fourth-order valence-corrected chi connectivity index (χ4v) is 0.755. The second kappa shape index (κ2) is 2.33. The average molecular weight is 187 g/mol. The van der Waals surface area contributed by atoms with Crippen LogP contribution in [0.5, 0.6) is 0 Å². The summed E-state index contributed by atoms with van der Waals surface area (Å²) in [4.78, 5) is 7.78. The van der Waals surface area contributed by atoms with Crippen molar-refractivity contribution < 1.29 is 0 Å². The molecule has 0 aliphatic heterocycles. The van der Waals surface area contributed by atoms with Crippen LogP contribution in [-0.2, 0) is 0 Å². The van der Waals surface area contributed by atoms with Crippen molar-refractivity contribution in [2.45, 2.75) is 6.92 Å². The van der Waals surface area contributed by atoms with Crippen LogP contribution in [0, 0.1) is 6.92 Å². The predicted octanol–water partition coefficient (Wildman–Crippen LogP) is -0.839. The second-order valence-corrected chi connectivity index (χ2v) is 2.49. The Bertz CT molecular complexity index is 223. The fraction of sp³-hybridized carbons (Fsp3) is 0.200. The molecule has 0 aliphatic rings. The van der Waals surface area contributed by atoms with Crippen molar-refractivity contribution in [3.63, 3.8) is 0 Å². The number of aromatic nitrogens is 2. The molecular formula is C5H6N3Se. The molecule has 3 nitrogen and oxygen atoms in total. The minimum absolute atomic E-state index is 0.541.